The van der Waals surface area contributed by atoms with Crippen LogP contribution in [-0.2, 0) is 0 Å². The lowest BCUT2D eigenvalue weighted by atomic mass is 10.4. The molecule has 0 atom stereocenters. The molecule has 9 heteroatoms. The van der Waals surface area contributed by atoms with Crippen LogP contribution < -0.4 is 11.0 Å². The highest BCUT2D eigenvalue weighted by Gasteiger charge is 2.09. The predicted octanol–water partition coefficient (Wildman–Crippen LogP) is -0.0690. The van der Waals surface area contributed by atoms with Crippen LogP contribution in [0.1, 0.15) is 10.5 Å². The van der Waals surface area contributed by atoms with Gasteiger partial charge in [-0.3, -0.25) is 9.36 Å². The summed E-state index contributed by atoms with van der Waals surface area (Å²) in [5.74, 6) is 0.407. The van der Waals surface area contributed by atoms with Crippen LogP contribution in [-0.4, -0.2) is 35.4 Å². The quantitative estimate of drug-likeness (QED) is 0.615. The normalized spacial score (nSPS) is 10.4. The summed E-state index contributed by atoms with van der Waals surface area (Å²) in [6.07, 6.45) is 7.53. The summed E-state index contributed by atoms with van der Waals surface area (Å²) in [5.41, 5.74) is -0.324. The lowest BCUT2D eigenvalue weighted by Crippen LogP contribution is -2.15. The number of hydrogen-bond acceptors (Lipinski definition) is 5. The first-order valence-electron chi connectivity index (χ1n) is 5.62. The Morgan fingerprint density at radius 1 is 1.35 bits per heavy atom. The van der Waals surface area contributed by atoms with Gasteiger partial charge in [-0.2, -0.15) is 0 Å². The molecule has 3 heterocycles. The average Bonchev–Trinajstić information content (AvgIpc) is 3.10. The second kappa shape index (κ2) is 4.80. The van der Waals surface area contributed by atoms with Gasteiger partial charge < -0.3 is 15.3 Å². The molecule has 1 amide bonds. The number of amides is 1. The minimum absolute atomic E-state index is 0.123. The highest BCUT2D eigenvalue weighted by atomic mass is 16.2. The molecule has 0 aliphatic rings. The van der Waals surface area contributed by atoms with Crippen LogP contribution in [0.2, 0.25) is 0 Å². The maximum atomic E-state index is 11.8. The molecule has 0 aliphatic heterocycles. The molecule has 3 aromatic heterocycles. The number of carbonyl (C=O) groups excluding carboxylic acids is 1. The molecule has 0 aromatic carbocycles. The lowest BCUT2D eigenvalue weighted by molar-refractivity contribution is 0.102. The van der Waals surface area contributed by atoms with E-state index in [2.05, 4.69) is 30.2 Å². The summed E-state index contributed by atoms with van der Waals surface area (Å²) >= 11 is 0. The molecule has 9 nitrogen and oxygen atoms in total. The Hall–Kier alpha value is -3.23. The number of hydrogen-bond donors (Lipinski definition) is 3. The molecule has 0 saturated heterocycles. The van der Waals surface area contributed by atoms with E-state index in [1.807, 2.05) is 0 Å². The first kappa shape index (κ1) is 11.8. The van der Waals surface area contributed by atoms with Gasteiger partial charge in [0.1, 0.15) is 30.0 Å². The Labute approximate surface area is 111 Å². The summed E-state index contributed by atoms with van der Waals surface area (Å²) in [6, 6.07) is 1.59. The maximum absolute atomic E-state index is 11.8. The molecular weight excluding hydrogens is 262 g/mol. The first-order valence-corrected chi connectivity index (χ1v) is 5.62. The highest BCUT2D eigenvalue weighted by Crippen LogP contribution is 2.09. The molecule has 0 aliphatic carbocycles. The van der Waals surface area contributed by atoms with Crippen LogP contribution in [0.3, 0.4) is 0 Å². The van der Waals surface area contributed by atoms with Gasteiger partial charge in [0.05, 0.1) is 0 Å². The van der Waals surface area contributed by atoms with E-state index in [-0.39, 0.29) is 5.69 Å². The fourth-order valence-corrected chi connectivity index (χ4v) is 1.59. The summed E-state index contributed by atoms with van der Waals surface area (Å²) in [7, 11) is 0. The smallest absolute Gasteiger partial charge is 0.312 e. The standard InChI is InChI=1S/C11H9N7O2/c19-10(7-4-13-11(20)16-7)17-8-3-9(15-5-14-8)18-2-1-12-6-18/h1-6H,(H2,13,16,20)(H,14,15,17,19). The van der Waals surface area contributed by atoms with Crippen molar-refractivity contribution >= 4 is 11.7 Å². The van der Waals surface area contributed by atoms with Crippen molar-refractivity contribution in [1.82, 2.24) is 29.5 Å². The number of nitrogens with zero attached hydrogens (tertiary/aromatic N) is 4. The number of aromatic nitrogens is 6. The van der Waals surface area contributed by atoms with Crippen LogP contribution in [0.4, 0.5) is 5.82 Å². The van der Waals surface area contributed by atoms with E-state index in [4.69, 9.17) is 0 Å². The van der Waals surface area contributed by atoms with Crippen LogP contribution in [0, 0.1) is 0 Å². The zero-order chi connectivity index (χ0) is 13.9. The van der Waals surface area contributed by atoms with Gasteiger partial charge in [-0.1, -0.05) is 0 Å². The number of rotatable bonds is 3. The molecule has 20 heavy (non-hydrogen) atoms. The van der Waals surface area contributed by atoms with Crippen molar-refractivity contribution in [1.29, 1.82) is 0 Å². The lowest BCUT2D eigenvalue weighted by Gasteiger charge is -2.05. The second-order valence-corrected chi connectivity index (χ2v) is 3.84. The number of anilines is 1. The Morgan fingerprint density at radius 3 is 2.95 bits per heavy atom. The Bertz CT molecular complexity index is 787. The zero-order valence-electron chi connectivity index (χ0n) is 10.1. The van der Waals surface area contributed by atoms with Gasteiger partial charge in [0.15, 0.2) is 0 Å². The largest absolute Gasteiger partial charge is 0.323 e. The van der Waals surface area contributed by atoms with E-state index >= 15 is 0 Å². The van der Waals surface area contributed by atoms with Crippen molar-refractivity contribution in [3.05, 3.63) is 53.5 Å². The molecule has 3 aromatic rings. The number of H-pyrrole nitrogens is 2. The number of nitrogens with one attached hydrogen (secondary N) is 3. The fraction of sp³-hybridized carbons (Fsp3) is 0. The summed E-state index contributed by atoms with van der Waals surface area (Å²) in [6.45, 7) is 0. The molecule has 0 bridgehead atoms. The molecule has 3 N–H and O–H groups in total. The van der Waals surface area contributed by atoms with Crippen molar-refractivity contribution < 1.29 is 4.79 Å². The average molecular weight is 271 g/mol. The molecular formula is C11H9N7O2. The van der Waals surface area contributed by atoms with Crippen LogP contribution in [0.5, 0.6) is 0 Å². The molecule has 0 unspecified atom stereocenters. The van der Waals surface area contributed by atoms with Crippen LogP contribution in [0.15, 0.2) is 42.1 Å². The monoisotopic (exact) mass is 271 g/mol. The molecule has 100 valence electrons. The van der Waals surface area contributed by atoms with E-state index < -0.39 is 11.6 Å². The van der Waals surface area contributed by atoms with Crippen molar-refractivity contribution in [2.24, 2.45) is 0 Å². The van der Waals surface area contributed by atoms with Gasteiger partial charge in [-0.15, -0.1) is 0 Å². The third kappa shape index (κ3) is 2.32. The molecule has 0 fully saturated rings. The highest BCUT2D eigenvalue weighted by molar-refractivity contribution is 6.02. The summed E-state index contributed by atoms with van der Waals surface area (Å²) in [5, 5.41) is 2.56. The number of carbonyl (C=O) groups is 1. The number of aromatic amines is 2. The third-order valence-corrected chi connectivity index (χ3v) is 2.50. The number of imidazole rings is 2. The molecule has 0 radical (unpaired) electrons. The molecule has 0 saturated carbocycles. The van der Waals surface area contributed by atoms with Gasteiger partial charge in [-0.25, -0.2) is 19.7 Å². The van der Waals surface area contributed by atoms with E-state index in [1.54, 1.807) is 29.4 Å². The summed E-state index contributed by atoms with van der Waals surface area (Å²) in [4.78, 5) is 39.4. The van der Waals surface area contributed by atoms with Gasteiger partial charge >= 0.3 is 5.69 Å². The van der Waals surface area contributed by atoms with Crippen LogP contribution in [0.25, 0.3) is 5.82 Å². The zero-order valence-corrected chi connectivity index (χ0v) is 10.1. The van der Waals surface area contributed by atoms with Gasteiger partial charge in [0, 0.05) is 24.7 Å². The van der Waals surface area contributed by atoms with E-state index in [9.17, 15) is 9.59 Å². The molecule has 0 spiro atoms. The predicted molar refractivity (Wildman–Crippen MR) is 68.5 cm³/mol. The van der Waals surface area contributed by atoms with Crippen LogP contribution >= 0.6 is 0 Å². The Balaban J connectivity index is 1.83. The Morgan fingerprint density at radius 2 is 2.25 bits per heavy atom. The minimum Gasteiger partial charge on any atom is -0.312 e. The third-order valence-electron chi connectivity index (χ3n) is 2.50. The van der Waals surface area contributed by atoms with Gasteiger partial charge in [0.25, 0.3) is 5.91 Å². The SMILES string of the molecule is O=C(Nc1cc(-n2ccnc2)ncn1)c1c[nH]c(=O)[nH]1. The van der Waals surface area contributed by atoms with Crippen molar-refractivity contribution in [2.75, 3.05) is 5.32 Å². The van der Waals surface area contributed by atoms with Crippen molar-refractivity contribution in [3.63, 3.8) is 0 Å². The maximum Gasteiger partial charge on any atom is 0.323 e. The Kier molecular flexibility index (Phi) is 2.84. The first-order chi connectivity index (χ1) is 9.72. The van der Waals surface area contributed by atoms with Crippen molar-refractivity contribution in [2.45, 2.75) is 0 Å². The minimum atomic E-state index is -0.473. The fourth-order valence-electron chi connectivity index (χ4n) is 1.59. The van der Waals surface area contributed by atoms with Gasteiger partial charge in [-0.05, 0) is 0 Å². The van der Waals surface area contributed by atoms with E-state index in [1.165, 1.54) is 12.5 Å². The van der Waals surface area contributed by atoms with E-state index in [0.29, 0.717) is 11.6 Å². The summed E-state index contributed by atoms with van der Waals surface area (Å²) < 4.78 is 1.68. The van der Waals surface area contributed by atoms with Gasteiger partial charge in [0.2, 0.25) is 0 Å². The van der Waals surface area contributed by atoms with E-state index in [0.717, 1.165) is 0 Å². The molecule has 3 rings (SSSR count). The topological polar surface area (TPSA) is 121 Å². The second-order valence-electron chi connectivity index (χ2n) is 3.84. The van der Waals surface area contributed by atoms with Crippen molar-refractivity contribution in [3.8, 4) is 5.82 Å².